The lowest BCUT2D eigenvalue weighted by Crippen LogP contribution is -2.30. The number of hydrogen-bond donors (Lipinski definition) is 1. The molecule has 0 atom stereocenters. The summed E-state index contributed by atoms with van der Waals surface area (Å²) in [5.41, 5.74) is 5.83. The molecule has 0 aliphatic carbocycles. The number of hydrogen-bond acceptors (Lipinski definition) is 6. The molecule has 2 amide bonds. The molecular weight excluding hydrogens is 498 g/mol. The van der Waals surface area contributed by atoms with Crippen molar-refractivity contribution in [1.29, 1.82) is 0 Å². The van der Waals surface area contributed by atoms with Gasteiger partial charge in [0.2, 0.25) is 5.91 Å². The number of rotatable bonds is 8. The normalized spacial score (nSPS) is 12.3. The molecule has 0 bridgehead atoms. The minimum Gasteiger partial charge on any atom is -0.497 e. The van der Waals surface area contributed by atoms with E-state index in [1.165, 1.54) is 17.3 Å². The number of carbonyl (C=O) groups is 2. The van der Waals surface area contributed by atoms with Crippen LogP contribution in [-0.2, 0) is 17.8 Å². The first-order chi connectivity index (χ1) is 18.5. The fraction of sp³-hybridized carbons (Fsp3) is 0.241. The predicted octanol–water partition coefficient (Wildman–Crippen LogP) is 4.50. The number of ether oxygens (including phenoxy) is 1. The van der Waals surface area contributed by atoms with Crippen LogP contribution < -0.4 is 15.0 Å². The van der Waals surface area contributed by atoms with Crippen LogP contribution in [-0.4, -0.2) is 46.0 Å². The van der Waals surface area contributed by atoms with E-state index in [9.17, 15) is 9.59 Å². The molecular formula is C29H29N5O3S. The van der Waals surface area contributed by atoms with Crippen molar-refractivity contribution in [2.75, 3.05) is 24.3 Å². The van der Waals surface area contributed by atoms with Gasteiger partial charge in [0.1, 0.15) is 5.75 Å². The van der Waals surface area contributed by atoms with Crippen LogP contribution in [0.4, 0.5) is 5.69 Å². The Kier molecular flexibility index (Phi) is 7.46. The first-order valence-electron chi connectivity index (χ1n) is 12.4. The molecule has 1 aliphatic heterocycles. The van der Waals surface area contributed by atoms with Gasteiger partial charge >= 0.3 is 0 Å². The first kappa shape index (κ1) is 25.5. The molecule has 4 aromatic rings. The van der Waals surface area contributed by atoms with E-state index < -0.39 is 0 Å². The summed E-state index contributed by atoms with van der Waals surface area (Å²) < 4.78 is 7.11. The maximum absolute atomic E-state index is 13.2. The molecule has 0 unspecified atom stereocenters. The maximum atomic E-state index is 13.2. The van der Waals surface area contributed by atoms with Gasteiger partial charge in [-0.2, -0.15) is 0 Å². The molecule has 5 rings (SSSR count). The summed E-state index contributed by atoms with van der Waals surface area (Å²) >= 11 is 1.35. The van der Waals surface area contributed by atoms with Crippen LogP contribution in [0.5, 0.6) is 5.75 Å². The number of para-hydroxylation sites is 1. The largest absolute Gasteiger partial charge is 0.497 e. The van der Waals surface area contributed by atoms with Crippen LogP contribution in [0.1, 0.15) is 32.9 Å². The Labute approximate surface area is 226 Å². The molecule has 0 radical (unpaired) electrons. The Morgan fingerprint density at radius 3 is 2.53 bits per heavy atom. The number of amides is 2. The third-order valence-corrected chi connectivity index (χ3v) is 7.70. The lowest BCUT2D eigenvalue weighted by molar-refractivity contribution is -0.116. The summed E-state index contributed by atoms with van der Waals surface area (Å²) in [6, 6.07) is 21.0. The van der Waals surface area contributed by atoms with Crippen molar-refractivity contribution in [2.45, 2.75) is 32.0 Å². The molecule has 8 nitrogen and oxygen atoms in total. The monoisotopic (exact) mass is 527 g/mol. The second kappa shape index (κ2) is 11.1. The fourth-order valence-electron chi connectivity index (χ4n) is 4.53. The topological polar surface area (TPSA) is 89.3 Å². The molecule has 3 aromatic carbocycles. The number of aryl methyl sites for hydroxylation is 1. The van der Waals surface area contributed by atoms with Crippen molar-refractivity contribution in [3.05, 3.63) is 94.8 Å². The summed E-state index contributed by atoms with van der Waals surface area (Å²) in [4.78, 5) is 27.8. The van der Waals surface area contributed by atoms with E-state index in [0.717, 1.165) is 28.9 Å². The Balaban J connectivity index is 1.36. The van der Waals surface area contributed by atoms with Crippen molar-refractivity contribution >= 4 is 29.3 Å². The second-order valence-corrected chi connectivity index (χ2v) is 10.0. The molecule has 9 heteroatoms. The highest BCUT2D eigenvalue weighted by Gasteiger charge is 2.25. The summed E-state index contributed by atoms with van der Waals surface area (Å²) in [6.07, 6.45) is 0.864. The Morgan fingerprint density at radius 1 is 0.974 bits per heavy atom. The zero-order valence-electron chi connectivity index (χ0n) is 21.6. The van der Waals surface area contributed by atoms with Gasteiger partial charge in [0, 0.05) is 17.8 Å². The van der Waals surface area contributed by atoms with Crippen molar-refractivity contribution in [1.82, 2.24) is 20.1 Å². The lowest BCUT2D eigenvalue weighted by atomic mass is 10.1. The summed E-state index contributed by atoms with van der Waals surface area (Å²) in [6.45, 7) is 4.96. The van der Waals surface area contributed by atoms with Gasteiger partial charge in [-0.15, -0.1) is 10.2 Å². The Bertz CT molecular complexity index is 1480. The number of nitrogens with one attached hydrogen (secondary N) is 1. The standard InChI is InChI=1S/C29H29N5O3S/c1-19-7-6-10-24(20(19)2)34-26(17-30-28(36)22-11-13-23(37-3)14-12-22)31-32-29(34)38-18-27(35)33-16-15-21-8-4-5-9-25(21)33/h4-14H,15-18H2,1-3H3,(H,30,36). The van der Waals surface area contributed by atoms with E-state index in [-0.39, 0.29) is 24.1 Å². The quantitative estimate of drug-likeness (QED) is 0.339. The van der Waals surface area contributed by atoms with Crippen molar-refractivity contribution in [2.24, 2.45) is 0 Å². The van der Waals surface area contributed by atoms with Crippen LogP contribution in [0.25, 0.3) is 5.69 Å². The maximum Gasteiger partial charge on any atom is 0.251 e. The number of carbonyl (C=O) groups excluding carboxylic acids is 2. The first-order valence-corrected chi connectivity index (χ1v) is 13.4. The van der Waals surface area contributed by atoms with Gasteiger partial charge < -0.3 is 15.0 Å². The molecule has 0 fully saturated rings. The highest BCUT2D eigenvalue weighted by Crippen LogP contribution is 2.30. The van der Waals surface area contributed by atoms with Gasteiger partial charge in [0.15, 0.2) is 11.0 Å². The summed E-state index contributed by atoms with van der Waals surface area (Å²) in [5.74, 6) is 1.31. The summed E-state index contributed by atoms with van der Waals surface area (Å²) in [5, 5.41) is 12.4. The van der Waals surface area contributed by atoms with Gasteiger partial charge in [0.25, 0.3) is 5.91 Å². The molecule has 1 N–H and O–H groups in total. The summed E-state index contributed by atoms with van der Waals surface area (Å²) in [7, 11) is 1.59. The molecule has 1 aromatic heterocycles. The minimum atomic E-state index is -0.222. The number of anilines is 1. The van der Waals surface area contributed by atoms with Gasteiger partial charge in [-0.1, -0.05) is 42.1 Å². The van der Waals surface area contributed by atoms with Crippen LogP contribution in [0.2, 0.25) is 0 Å². The number of aromatic nitrogens is 3. The minimum absolute atomic E-state index is 0.0322. The number of thioether (sulfide) groups is 1. The zero-order valence-corrected chi connectivity index (χ0v) is 22.4. The van der Waals surface area contributed by atoms with Gasteiger partial charge in [-0.25, -0.2) is 0 Å². The highest BCUT2D eigenvalue weighted by molar-refractivity contribution is 7.99. The van der Waals surface area contributed by atoms with E-state index in [0.29, 0.717) is 28.8 Å². The molecule has 2 heterocycles. The van der Waals surface area contributed by atoms with E-state index >= 15 is 0 Å². The van der Waals surface area contributed by atoms with Crippen LogP contribution in [0.15, 0.2) is 71.9 Å². The van der Waals surface area contributed by atoms with Crippen LogP contribution in [0.3, 0.4) is 0 Å². The third-order valence-electron chi connectivity index (χ3n) is 6.79. The number of fused-ring (bicyclic) bond motifs is 1. The Hall–Kier alpha value is -4.11. The fourth-order valence-corrected chi connectivity index (χ4v) is 5.37. The van der Waals surface area contributed by atoms with E-state index in [1.807, 2.05) is 46.7 Å². The van der Waals surface area contributed by atoms with Crippen molar-refractivity contribution in [3.8, 4) is 11.4 Å². The smallest absolute Gasteiger partial charge is 0.251 e. The molecule has 0 spiro atoms. The molecule has 0 saturated carbocycles. The number of benzene rings is 3. The van der Waals surface area contributed by atoms with Gasteiger partial charge in [-0.05, 0) is 73.4 Å². The lowest BCUT2D eigenvalue weighted by Gasteiger charge is -2.18. The van der Waals surface area contributed by atoms with E-state index in [4.69, 9.17) is 4.74 Å². The van der Waals surface area contributed by atoms with Crippen molar-refractivity contribution < 1.29 is 14.3 Å². The molecule has 38 heavy (non-hydrogen) atoms. The number of nitrogens with zero attached hydrogens (tertiary/aromatic N) is 4. The van der Waals surface area contributed by atoms with E-state index in [2.05, 4.69) is 34.6 Å². The highest BCUT2D eigenvalue weighted by atomic mass is 32.2. The molecule has 0 saturated heterocycles. The Morgan fingerprint density at radius 2 is 1.74 bits per heavy atom. The van der Waals surface area contributed by atoms with Crippen LogP contribution in [0, 0.1) is 13.8 Å². The van der Waals surface area contributed by atoms with Crippen molar-refractivity contribution in [3.63, 3.8) is 0 Å². The third kappa shape index (κ3) is 5.15. The zero-order chi connectivity index (χ0) is 26.6. The SMILES string of the molecule is COc1ccc(C(=O)NCc2nnc(SCC(=O)N3CCc4ccccc43)n2-c2cccc(C)c2C)cc1. The number of methoxy groups -OCH3 is 1. The van der Waals surface area contributed by atoms with Crippen LogP contribution >= 0.6 is 11.8 Å². The average molecular weight is 528 g/mol. The van der Waals surface area contributed by atoms with E-state index in [1.54, 1.807) is 31.4 Å². The van der Waals surface area contributed by atoms with Gasteiger partial charge in [0.05, 0.1) is 25.1 Å². The molecule has 1 aliphatic rings. The second-order valence-electron chi connectivity index (χ2n) is 9.08. The van der Waals surface area contributed by atoms with Gasteiger partial charge in [-0.3, -0.25) is 14.2 Å². The average Bonchev–Trinajstić information content (AvgIpc) is 3.56. The predicted molar refractivity (Wildman–Crippen MR) is 148 cm³/mol. The molecule has 194 valence electrons.